The Morgan fingerprint density at radius 3 is 2.41 bits per heavy atom. The predicted molar refractivity (Wildman–Crippen MR) is 170 cm³/mol. The van der Waals surface area contributed by atoms with Crippen LogP contribution < -0.4 is 5.32 Å². The maximum Gasteiger partial charge on any atom is 0.508 e. The van der Waals surface area contributed by atoms with Crippen molar-refractivity contribution in [1.82, 2.24) is 5.32 Å². The number of aliphatic carboxylic acids is 1. The quantitative estimate of drug-likeness (QED) is 0.187. The molecule has 3 fully saturated rings. The first-order valence-electron chi connectivity index (χ1n) is 17.3. The zero-order valence-electron chi connectivity index (χ0n) is 28.6. The van der Waals surface area contributed by atoms with Crippen molar-refractivity contribution in [3.8, 4) is 0 Å². The van der Waals surface area contributed by atoms with Crippen molar-refractivity contribution in [2.75, 3.05) is 6.61 Å². The maximum atomic E-state index is 12.6. The summed E-state index contributed by atoms with van der Waals surface area (Å²) in [6.45, 7) is 16.8. The van der Waals surface area contributed by atoms with Crippen molar-refractivity contribution in [2.24, 2.45) is 46.3 Å². The van der Waals surface area contributed by atoms with E-state index >= 15 is 0 Å². The Balaban J connectivity index is 1.32. The van der Waals surface area contributed by atoms with E-state index in [-0.39, 0.29) is 11.5 Å². The molecule has 2 unspecified atom stereocenters. The standard InChI is InChI=1S/C36H59NO7/c1-22(2)10-9-11-23(3)27-14-15-28-26-13-12-24-20-25(16-18-35(24,7)29(26)17-19-36(27,28)8)43-33(41)42-21-30(31(38)39)37-32(40)44-34(4,5)6/h12,22-23,25-30H,9-11,13-21H2,1-8H3,(H,37,40)(H,38,39)/t23-,25?,26+,27-,28+,29+,30?,35+,36-/m1/s1. The average molecular weight is 618 g/mol. The third kappa shape index (κ3) is 7.75. The lowest BCUT2D eigenvalue weighted by atomic mass is 9.47. The number of carboxylic acids is 1. The van der Waals surface area contributed by atoms with Crippen LogP contribution in [0.25, 0.3) is 0 Å². The van der Waals surface area contributed by atoms with Crippen molar-refractivity contribution in [3.05, 3.63) is 11.6 Å². The fourth-order valence-electron chi connectivity index (χ4n) is 9.70. The molecule has 0 bridgehead atoms. The Kier molecular flexibility index (Phi) is 10.7. The van der Waals surface area contributed by atoms with Crippen molar-refractivity contribution in [2.45, 2.75) is 144 Å². The number of carboxylic acid groups (broad SMARTS) is 1. The van der Waals surface area contributed by atoms with E-state index in [1.54, 1.807) is 20.8 Å². The molecule has 9 atom stereocenters. The molecule has 0 aromatic heterocycles. The highest BCUT2D eigenvalue weighted by Crippen LogP contribution is 2.67. The zero-order valence-corrected chi connectivity index (χ0v) is 28.6. The first-order valence-corrected chi connectivity index (χ1v) is 17.3. The van der Waals surface area contributed by atoms with E-state index in [1.807, 2.05) is 0 Å². The Bertz CT molecular complexity index is 1080. The van der Waals surface area contributed by atoms with E-state index in [2.05, 4.69) is 46.0 Å². The fraction of sp³-hybridized carbons (Fsp3) is 0.861. The number of rotatable bonds is 10. The average Bonchev–Trinajstić information content (AvgIpc) is 3.27. The van der Waals surface area contributed by atoms with E-state index in [0.29, 0.717) is 17.8 Å². The number of nitrogens with one attached hydrogen (secondary N) is 1. The lowest BCUT2D eigenvalue weighted by Gasteiger charge is -2.58. The molecule has 0 radical (unpaired) electrons. The minimum Gasteiger partial charge on any atom is -0.480 e. The van der Waals surface area contributed by atoms with Crippen molar-refractivity contribution in [3.63, 3.8) is 0 Å². The first kappa shape index (κ1) is 34.6. The fourth-order valence-corrected chi connectivity index (χ4v) is 9.70. The van der Waals surface area contributed by atoms with E-state index < -0.39 is 36.5 Å². The largest absolute Gasteiger partial charge is 0.508 e. The number of hydrogen-bond acceptors (Lipinski definition) is 6. The summed E-state index contributed by atoms with van der Waals surface area (Å²) in [5, 5.41) is 11.7. The summed E-state index contributed by atoms with van der Waals surface area (Å²) in [6.07, 6.45) is 13.4. The number of ether oxygens (including phenoxy) is 3. The monoisotopic (exact) mass is 617 g/mol. The molecule has 8 nitrogen and oxygen atoms in total. The second kappa shape index (κ2) is 13.6. The molecular formula is C36H59NO7. The van der Waals surface area contributed by atoms with E-state index in [1.165, 1.54) is 50.5 Å². The van der Waals surface area contributed by atoms with Gasteiger partial charge < -0.3 is 24.6 Å². The minimum absolute atomic E-state index is 0.140. The normalized spacial score (nSPS) is 34.5. The Hall–Kier alpha value is -2.25. The lowest BCUT2D eigenvalue weighted by Crippen LogP contribution is -2.51. The molecule has 4 aliphatic carbocycles. The van der Waals surface area contributed by atoms with Crippen LogP contribution in [0.1, 0.15) is 126 Å². The topological polar surface area (TPSA) is 111 Å². The van der Waals surface area contributed by atoms with Gasteiger partial charge in [0.05, 0.1) is 0 Å². The van der Waals surface area contributed by atoms with Gasteiger partial charge in [-0.15, -0.1) is 0 Å². The molecule has 3 saturated carbocycles. The van der Waals surface area contributed by atoms with Crippen LogP contribution in [0.3, 0.4) is 0 Å². The van der Waals surface area contributed by atoms with Crippen LogP contribution in [-0.4, -0.2) is 47.7 Å². The molecule has 4 aliphatic rings. The van der Waals surface area contributed by atoms with Crippen LogP contribution in [0, 0.1) is 46.3 Å². The Morgan fingerprint density at radius 2 is 1.75 bits per heavy atom. The molecule has 1 amide bonds. The molecule has 250 valence electrons. The van der Waals surface area contributed by atoms with Gasteiger partial charge >= 0.3 is 18.2 Å². The predicted octanol–water partition coefficient (Wildman–Crippen LogP) is 8.53. The van der Waals surface area contributed by atoms with Gasteiger partial charge in [0.1, 0.15) is 18.3 Å². The van der Waals surface area contributed by atoms with E-state index in [9.17, 15) is 19.5 Å². The molecule has 0 aromatic carbocycles. The molecule has 2 N–H and O–H groups in total. The van der Waals surface area contributed by atoms with Crippen LogP contribution in [0.4, 0.5) is 9.59 Å². The summed E-state index contributed by atoms with van der Waals surface area (Å²) in [6, 6.07) is -1.43. The molecular weight excluding hydrogens is 558 g/mol. The van der Waals surface area contributed by atoms with Crippen molar-refractivity contribution < 1.29 is 33.7 Å². The van der Waals surface area contributed by atoms with Crippen LogP contribution in [0.2, 0.25) is 0 Å². The summed E-state index contributed by atoms with van der Waals surface area (Å²) < 4.78 is 15.9. The summed E-state index contributed by atoms with van der Waals surface area (Å²) in [7, 11) is 0. The number of carbonyl (C=O) groups excluding carboxylic acids is 2. The second-order valence-electron chi connectivity index (χ2n) is 16.4. The van der Waals surface area contributed by atoms with Crippen LogP contribution in [-0.2, 0) is 19.0 Å². The van der Waals surface area contributed by atoms with Gasteiger partial charge in [-0.3, -0.25) is 0 Å². The third-order valence-electron chi connectivity index (χ3n) is 11.9. The molecule has 0 saturated heterocycles. The Labute approximate surface area is 265 Å². The SMILES string of the molecule is CC(C)CCC[C@@H](C)[C@H]1CC[C@H]2[C@@H]3CC=C4CC(OC(=O)OCC(NC(=O)OC(C)(C)C)C(=O)O)CC[C@]4(C)[C@H]3CC[C@]12C. The molecule has 0 heterocycles. The molecule has 0 spiro atoms. The van der Waals surface area contributed by atoms with Crippen LogP contribution in [0.15, 0.2) is 11.6 Å². The number of alkyl carbamates (subject to hydrolysis) is 1. The van der Waals surface area contributed by atoms with Gasteiger partial charge in [-0.25, -0.2) is 14.4 Å². The number of fused-ring (bicyclic) bond motifs is 5. The number of allylic oxidation sites excluding steroid dienone is 1. The molecule has 44 heavy (non-hydrogen) atoms. The summed E-state index contributed by atoms with van der Waals surface area (Å²) >= 11 is 0. The summed E-state index contributed by atoms with van der Waals surface area (Å²) in [5.74, 6) is 3.33. The second-order valence-corrected chi connectivity index (χ2v) is 16.4. The molecule has 0 aliphatic heterocycles. The van der Waals surface area contributed by atoms with Crippen molar-refractivity contribution >= 4 is 18.2 Å². The van der Waals surface area contributed by atoms with E-state index in [4.69, 9.17) is 14.2 Å². The summed E-state index contributed by atoms with van der Waals surface area (Å²) in [4.78, 5) is 36.2. The molecule has 4 rings (SSSR count). The van der Waals surface area contributed by atoms with Gasteiger partial charge in [0, 0.05) is 6.42 Å². The summed E-state index contributed by atoms with van der Waals surface area (Å²) in [5.41, 5.74) is 1.23. The highest BCUT2D eigenvalue weighted by Gasteiger charge is 2.59. The van der Waals surface area contributed by atoms with Gasteiger partial charge in [0.15, 0.2) is 6.04 Å². The van der Waals surface area contributed by atoms with Gasteiger partial charge in [0.25, 0.3) is 0 Å². The van der Waals surface area contributed by atoms with Crippen LogP contribution >= 0.6 is 0 Å². The third-order valence-corrected chi connectivity index (χ3v) is 11.9. The van der Waals surface area contributed by atoms with Crippen molar-refractivity contribution in [1.29, 1.82) is 0 Å². The Morgan fingerprint density at radius 1 is 1.02 bits per heavy atom. The smallest absolute Gasteiger partial charge is 0.480 e. The highest BCUT2D eigenvalue weighted by molar-refractivity contribution is 5.80. The zero-order chi connectivity index (χ0) is 32.4. The van der Waals surface area contributed by atoms with Gasteiger partial charge in [-0.05, 0) is 112 Å². The molecule has 8 heteroatoms. The van der Waals surface area contributed by atoms with Gasteiger partial charge in [-0.1, -0.05) is 65.5 Å². The van der Waals surface area contributed by atoms with Gasteiger partial charge in [-0.2, -0.15) is 0 Å². The number of carbonyl (C=O) groups is 3. The highest BCUT2D eigenvalue weighted by atomic mass is 16.7. The first-order chi connectivity index (χ1) is 20.5. The van der Waals surface area contributed by atoms with E-state index in [0.717, 1.165) is 48.9 Å². The lowest BCUT2D eigenvalue weighted by molar-refractivity contribution is -0.140. The molecule has 0 aromatic rings. The number of amides is 1. The minimum atomic E-state index is -1.43. The maximum absolute atomic E-state index is 12.6. The number of hydrogen-bond donors (Lipinski definition) is 2. The van der Waals surface area contributed by atoms with Gasteiger partial charge in [0.2, 0.25) is 0 Å². The van der Waals surface area contributed by atoms with Crippen LogP contribution in [0.5, 0.6) is 0 Å².